The normalized spacial score (nSPS) is 13.3. The maximum atomic E-state index is 13.0. The number of carboxylic acid groups (broad SMARTS) is 1. The van der Waals surface area contributed by atoms with Gasteiger partial charge in [-0.05, 0) is 73.2 Å². The second-order valence-electron chi connectivity index (χ2n) is 9.69. The lowest BCUT2D eigenvalue weighted by atomic mass is 10.1. The Balaban J connectivity index is 0.00000118. The molecule has 210 valence electrons. The number of benzene rings is 3. The van der Waals surface area contributed by atoms with Crippen LogP contribution in [0.25, 0.3) is 22.1 Å². The lowest BCUT2D eigenvalue weighted by Gasteiger charge is -2.08. The molecule has 1 aromatic heterocycles. The first-order valence-corrected chi connectivity index (χ1v) is 14.5. The molecule has 0 saturated heterocycles. The van der Waals surface area contributed by atoms with E-state index < -0.39 is 17.0 Å². The first kappa shape index (κ1) is 29.0. The van der Waals surface area contributed by atoms with Crippen LogP contribution in [-0.4, -0.2) is 34.3 Å². The van der Waals surface area contributed by atoms with E-state index in [1.807, 2.05) is 49.4 Å². The molecule has 3 aromatic carbocycles. The molecule has 9 heteroatoms. The minimum atomic E-state index is -1.60. The van der Waals surface area contributed by atoms with Gasteiger partial charge in [-0.3, -0.25) is 9.59 Å². The number of carbonyl (C=O) groups excluding carboxylic acids is 1. The Morgan fingerprint density at radius 1 is 1.00 bits per heavy atom. The number of fused-ring (bicyclic) bond motifs is 1. The molecule has 0 radical (unpaired) electrons. The van der Waals surface area contributed by atoms with Crippen molar-refractivity contribution in [2.75, 3.05) is 18.5 Å². The van der Waals surface area contributed by atoms with Gasteiger partial charge < -0.3 is 19.6 Å². The Hall–Kier alpha value is -3.95. The number of aryl methyl sites for hydroxylation is 1. The smallest absolute Gasteiger partial charge is 0.318 e. The van der Waals surface area contributed by atoms with Crippen LogP contribution in [-0.2, 0) is 15.8 Å². The largest absolute Gasteiger partial charge is 0.493 e. The molecule has 8 nitrogen and oxygen atoms in total. The molecule has 5 rings (SSSR count). The minimum absolute atomic E-state index is 0.252. The van der Waals surface area contributed by atoms with E-state index in [9.17, 15) is 13.8 Å². The summed E-state index contributed by atoms with van der Waals surface area (Å²) in [6.07, 6.45) is 3.65. The van der Waals surface area contributed by atoms with Crippen molar-refractivity contribution in [1.29, 1.82) is 0 Å². The summed E-state index contributed by atoms with van der Waals surface area (Å²) < 4.78 is 26.4. The van der Waals surface area contributed by atoms with Gasteiger partial charge in [-0.1, -0.05) is 50.6 Å². The summed E-state index contributed by atoms with van der Waals surface area (Å²) in [4.78, 5) is 24.1. The van der Waals surface area contributed by atoms with E-state index in [-0.39, 0.29) is 18.2 Å². The molecule has 0 aliphatic heterocycles. The van der Waals surface area contributed by atoms with Crippen LogP contribution in [0.4, 0.5) is 5.69 Å². The summed E-state index contributed by atoms with van der Waals surface area (Å²) in [6.45, 7) is 6.41. The number of ether oxygens (including phenoxy) is 1. The van der Waals surface area contributed by atoms with Crippen molar-refractivity contribution < 1.29 is 28.1 Å². The molecule has 1 aliphatic carbocycles. The van der Waals surface area contributed by atoms with Crippen LogP contribution >= 0.6 is 0 Å². The predicted molar refractivity (Wildman–Crippen MR) is 157 cm³/mol. The van der Waals surface area contributed by atoms with E-state index in [0.717, 1.165) is 27.8 Å². The maximum Gasteiger partial charge on any atom is 0.318 e. The zero-order valence-corrected chi connectivity index (χ0v) is 23.7. The van der Waals surface area contributed by atoms with Gasteiger partial charge in [0, 0.05) is 11.3 Å². The molecule has 0 bridgehead atoms. The molecule has 1 heterocycles. The van der Waals surface area contributed by atoms with Crippen LogP contribution in [0.2, 0.25) is 0 Å². The fourth-order valence-electron chi connectivity index (χ4n) is 4.01. The van der Waals surface area contributed by atoms with E-state index in [2.05, 4.69) is 23.9 Å². The molecule has 1 aliphatic rings. The first-order chi connectivity index (χ1) is 19.3. The Labute approximate surface area is 236 Å². The summed E-state index contributed by atoms with van der Waals surface area (Å²) in [6, 6.07) is 19.9. The van der Waals surface area contributed by atoms with Gasteiger partial charge in [0.2, 0.25) is 0 Å². The molecule has 1 atom stereocenters. The quantitative estimate of drug-likeness (QED) is 0.201. The van der Waals surface area contributed by atoms with Gasteiger partial charge in [0.1, 0.15) is 28.9 Å². The highest BCUT2D eigenvalue weighted by atomic mass is 32.2. The van der Waals surface area contributed by atoms with Crippen molar-refractivity contribution in [3.8, 4) is 16.9 Å². The average Bonchev–Trinajstić information content (AvgIpc) is 3.72. The fraction of sp³-hybridized carbons (Fsp3) is 0.290. The number of nitrogens with one attached hydrogen (secondary N) is 2. The summed E-state index contributed by atoms with van der Waals surface area (Å²) in [5.74, 6) is 0.199. The van der Waals surface area contributed by atoms with Crippen molar-refractivity contribution in [2.24, 2.45) is 5.92 Å². The number of carboxylic acids is 1. The van der Waals surface area contributed by atoms with Gasteiger partial charge >= 0.3 is 5.97 Å². The van der Waals surface area contributed by atoms with Crippen molar-refractivity contribution >= 4 is 39.5 Å². The highest BCUT2D eigenvalue weighted by Gasteiger charge is 2.24. The van der Waals surface area contributed by atoms with Crippen LogP contribution in [0.5, 0.6) is 5.75 Å². The van der Waals surface area contributed by atoms with Gasteiger partial charge in [0.05, 0.1) is 16.9 Å². The standard InChI is InChI=1S/C28H26N2O6S.C3H8/c1-17-26-23(35-16-18-5-6-18)3-2-4-24(26)36-27(17)28(33)30-21-11-7-19(8-12-21)20-9-13-22(14-10-20)37(34)29-15-25(31)32;1-3-2/h2-4,7-14,18,29H,5-6,15-16H2,1H3,(H,30,33)(H,31,32);3H2,1-2H3. The number of furan rings is 1. The molecule has 1 amide bonds. The zero-order chi connectivity index (χ0) is 28.6. The highest BCUT2D eigenvalue weighted by molar-refractivity contribution is 7.83. The SMILES string of the molecule is CCC.Cc1c(C(=O)Nc2ccc(-c3ccc(S(=O)NCC(=O)O)cc3)cc2)oc2cccc(OCC3CC3)c12. The second-order valence-corrected chi connectivity index (χ2v) is 11.0. The van der Waals surface area contributed by atoms with E-state index in [1.165, 1.54) is 19.3 Å². The number of hydrogen-bond donors (Lipinski definition) is 3. The van der Waals surface area contributed by atoms with E-state index in [4.69, 9.17) is 14.3 Å². The van der Waals surface area contributed by atoms with Gasteiger partial charge in [-0.2, -0.15) is 0 Å². The molecule has 3 N–H and O–H groups in total. The fourth-order valence-corrected chi connectivity index (χ4v) is 4.81. The third kappa shape index (κ3) is 7.37. The second kappa shape index (κ2) is 13.4. The Morgan fingerprint density at radius 2 is 1.62 bits per heavy atom. The lowest BCUT2D eigenvalue weighted by Crippen LogP contribution is -2.24. The first-order valence-electron chi connectivity index (χ1n) is 13.3. The van der Waals surface area contributed by atoms with Crippen molar-refractivity contribution in [3.63, 3.8) is 0 Å². The number of rotatable bonds is 10. The van der Waals surface area contributed by atoms with Gasteiger partial charge in [-0.15, -0.1) is 0 Å². The molecular formula is C31H34N2O6S. The monoisotopic (exact) mass is 562 g/mol. The lowest BCUT2D eigenvalue weighted by molar-refractivity contribution is -0.135. The minimum Gasteiger partial charge on any atom is -0.493 e. The third-order valence-electron chi connectivity index (χ3n) is 6.19. The molecule has 40 heavy (non-hydrogen) atoms. The maximum absolute atomic E-state index is 13.0. The van der Waals surface area contributed by atoms with E-state index >= 15 is 0 Å². The predicted octanol–water partition coefficient (Wildman–Crippen LogP) is 6.56. The summed E-state index contributed by atoms with van der Waals surface area (Å²) >= 11 is 0. The zero-order valence-electron chi connectivity index (χ0n) is 22.9. The van der Waals surface area contributed by atoms with E-state index in [1.54, 1.807) is 24.3 Å². The van der Waals surface area contributed by atoms with Crippen molar-refractivity contribution in [1.82, 2.24) is 4.72 Å². The van der Waals surface area contributed by atoms with Crippen LogP contribution in [0.1, 0.15) is 49.2 Å². The summed E-state index contributed by atoms with van der Waals surface area (Å²) in [5.41, 5.74) is 3.78. The van der Waals surface area contributed by atoms with Gasteiger partial charge in [0.25, 0.3) is 5.91 Å². The summed E-state index contributed by atoms with van der Waals surface area (Å²) in [7, 11) is -1.60. The number of amides is 1. The molecule has 1 unspecified atom stereocenters. The van der Waals surface area contributed by atoms with Crippen molar-refractivity contribution in [2.45, 2.75) is 44.9 Å². The van der Waals surface area contributed by atoms with Crippen LogP contribution in [0, 0.1) is 12.8 Å². The Kier molecular flexibility index (Phi) is 9.74. The number of carbonyl (C=O) groups is 2. The van der Waals surface area contributed by atoms with Gasteiger partial charge in [0.15, 0.2) is 5.76 Å². The van der Waals surface area contributed by atoms with Crippen molar-refractivity contribution in [3.05, 3.63) is 78.1 Å². The number of anilines is 1. The summed E-state index contributed by atoms with van der Waals surface area (Å²) in [5, 5.41) is 12.4. The van der Waals surface area contributed by atoms with Crippen LogP contribution in [0.15, 0.2) is 76.0 Å². The average molecular weight is 563 g/mol. The molecule has 0 spiro atoms. The van der Waals surface area contributed by atoms with Gasteiger partial charge in [-0.25, -0.2) is 8.93 Å². The highest BCUT2D eigenvalue weighted by Crippen LogP contribution is 2.36. The Morgan fingerprint density at radius 3 is 2.23 bits per heavy atom. The molecule has 1 fully saturated rings. The molecular weight excluding hydrogens is 528 g/mol. The van der Waals surface area contributed by atoms with Crippen LogP contribution in [0.3, 0.4) is 0 Å². The van der Waals surface area contributed by atoms with Crippen LogP contribution < -0.4 is 14.8 Å². The topological polar surface area (TPSA) is 118 Å². The molecule has 1 saturated carbocycles. The van der Waals surface area contributed by atoms with E-state index in [0.29, 0.717) is 28.7 Å². The Bertz CT molecular complexity index is 1490. The third-order valence-corrected chi connectivity index (χ3v) is 7.30. The molecule has 4 aromatic rings. The number of aliphatic carboxylic acids is 1. The number of hydrogen-bond acceptors (Lipinski definition) is 5.